The van der Waals surface area contributed by atoms with E-state index in [4.69, 9.17) is 0 Å². The fourth-order valence-electron chi connectivity index (χ4n) is 3.27. The van der Waals surface area contributed by atoms with Crippen molar-refractivity contribution in [3.05, 3.63) is 59.7 Å². The van der Waals surface area contributed by atoms with Gasteiger partial charge >= 0.3 is 10.2 Å². The zero-order chi connectivity index (χ0) is 18.7. The van der Waals surface area contributed by atoms with Crippen molar-refractivity contribution in [1.29, 1.82) is 0 Å². The van der Waals surface area contributed by atoms with Crippen LogP contribution in [0.4, 0.5) is 5.69 Å². The van der Waals surface area contributed by atoms with E-state index in [1.807, 2.05) is 24.3 Å². The topological polar surface area (TPSA) is 86.7 Å². The number of carbonyl (C=O) groups excluding carboxylic acids is 1. The molecule has 0 aliphatic carbocycles. The maximum Gasteiger partial charge on any atom is 0.302 e. The number of phenolic OH excluding ortho intramolecular Hbond substituents is 1. The van der Waals surface area contributed by atoms with E-state index in [-0.39, 0.29) is 18.0 Å². The molecule has 0 amide bonds. The highest BCUT2D eigenvalue weighted by Gasteiger charge is 2.36. The predicted octanol–water partition coefficient (Wildman–Crippen LogP) is 2.04. The Morgan fingerprint density at radius 3 is 2.50 bits per heavy atom. The van der Waals surface area contributed by atoms with Crippen LogP contribution in [-0.4, -0.2) is 32.4 Å². The predicted molar refractivity (Wildman–Crippen MR) is 100 cm³/mol. The minimum absolute atomic E-state index is 0.0247. The molecule has 138 valence electrons. The number of anilines is 1. The van der Waals surface area contributed by atoms with Gasteiger partial charge in [-0.15, -0.1) is 0 Å². The molecule has 2 aromatic carbocycles. The van der Waals surface area contributed by atoms with Gasteiger partial charge in [-0.2, -0.15) is 13.1 Å². The van der Waals surface area contributed by atoms with Crippen LogP contribution in [0.25, 0.3) is 0 Å². The van der Waals surface area contributed by atoms with Gasteiger partial charge in [-0.25, -0.2) is 0 Å². The van der Waals surface area contributed by atoms with Crippen molar-refractivity contribution in [2.45, 2.75) is 25.8 Å². The zero-order valence-corrected chi connectivity index (χ0v) is 15.3. The molecular formula is C19H22N2O4S. The SMILES string of the molecule is CC(Cc1ccccc1)Cc1ccc(N2CC(C=O)NS2(=O)=O)c(O)c1. The molecule has 6 nitrogen and oxygen atoms in total. The Morgan fingerprint density at radius 2 is 1.88 bits per heavy atom. The van der Waals surface area contributed by atoms with Crippen LogP contribution in [-0.2, 0) is 27.8 Å². The van der Waals surface area contributed by atoms with E-state index in [0.717, 1.165) is 22.7 Å². The van der Waals surface area contributed by atoms with Gasteiger partial charge in [0.05, 0.1) is 18.3 Å². The van der Waals surface area contributed by atoms with Crippen LogP contribution in [0.2, 0.25) is 0 Å². The molecule has 2 aromatic rings. The molecule has 1 aliphatic heterocycles. The van der Waals surface area contributed by atoms with Crippen molar-refractivity contribution in [3.8, 4) is 5.75 Å². The number of hydrogen-bond donors (Lipinski definition) is 2. The van der Waals surface area contributed by atoms with Gasteiger partial charge in [-0.1, -0.05) is 43.3 Å². The van der Waals surface area contributed by atoms with Crippen molar-refractivity contribution in [2.75, 3.05) is 10.8 Å². The number of aromatic hydroxyl groups is 1. The highest BCUT2D eigenvalue weighted by molar-refractivity contribution is 7.91. The molecule has 26 heavy (non-hydrogen) atoms. The summed E-state index contributed by atoms with van der Waals surface area (Å²) in [5.41, 5.74) is 2.38. The first-order valence-electron chi connectivity index (χ1n) is 8.50. The van der Waals surface area contributed by atoms with Crippen LogP contribution in [0.3, 0.4) is 0 Å². The summed E-state index contributed by atoms with van der Waals surface area (Å²) in [5.74, 6) is 0.269. The largest absolute Gasteiger partial charge is 0.506 e. The molecule has 0 saturated carbocycles. The molecule has 2 N–H and O–H groups in total. The lowest BCUT2D eigenvalue weighted by atomic mass is 9.94. The normalized spacial score (nSPS) is 20.0. The molecule has 2 atom stereocenters. The van der Waals surface area contributed by atoms with Crippen molar-refractivity contribution >= 4 is 22.2 Å². The van der Waals surface area contributed by atoms with Crippen molar-refractivity contribution < 1.29 is 18.3 Å². The smallest absolute Gasteiger partial charge is 0.302 e. The van der Waals surface area contributed by atoms with Gasteiger partial charge in [-0.05, 0) is 42.0 Å². The molecule has 3 rings (SSSR count). The second kappa shape index (κ2) is 7.47. The Kier molecular flexibility index (Phi) is 5.29. The maximum atomic E-state index is 12.1. The van der Waals surface area contributed by atoms with E-state index >= 15 is 0 Å². The van der Waals surface area contributed by atoms with Gasteiger partial charge in [0.25, 0.3) is 0 Å². The summed E-state index contributed by atoms with van der Waals surface area (Å²) in [6, 6.07) is 14.4. The van der Waals surface area contributed by atoms with Gasteiger partial charge in [-0.3, -0.25) is 4.31 Å². The highest BCUT2D eigenvalue weighted by Crippen LogP contribution is 2.32. The molecule has 1 aliphatic rings. The lowest BCUT2D eigenvalue weighted by Crippen LogP contribution is -2.30. The van der Waals surface area contributed by atoms with Gasteiger partial charge in [0.2, 0.25) is 0 Å². The van der Waals surface area contributed by atoms with Gasteiger partial charge in [0.15, 0.2) is 0 Å². The first kappa shape index (κ1) is 18.4. The van der Waals surface area contributed by atoms with Crippen LogP contribution in [0.5, 0.6) is 5.75 Å². The standard InChI is InChI=1S/C19H22N2O4S/c1-14(9-15-5-3-2-4-6-15)10-16-7-8-18(19(23)11-16)21-12-17(13-22)20-26(21,24)25/h2-8,11,13-14,17,20,23H,9-10,12H2,1H3. The summed E-state index contributed by atoms with van der Waals surface area (Å²) in [7, 11) is -3.81. The van der Waals surface area contributed by atoms with Gasteiger partial charge in [0.1, 0.15) is 12.0 Å². The minimum atomic E-state index is -3.81. The summed E-state index contributed by atoms with van der Waals surface area (Å²) in [6.07, 6.45) is 2.24. The van der Waals surface area contributed by atoms with Crippen LogP contribution < -0.4 is 9.03 Å². The van der Waals surface area contributed by atoms with Crippen molar-refractivity contribution in [2.24, 2.45) is 5.92 Å². The summed E-state index contributed by atoms with van der Waals surface area (Å²) in [6.45, 7) is 2.12. The number of carbonyl (C=O) groups is 1. The van der Waals surface area contributed by atoms with Crippen LogP contribution in [0.1, 0.15) is 18.1 Å². The minimum Gasteiger partial charge on any atom is -0.506 e. The second-order valence-corrected chi connectivity index (χ2v) is 8.35. The summed E-state index contributed by atoms with van der Waals surface area (Å²) >= 11 is 0. The van der Waals surface area contributed by atoms with E-state index in [1.165, 1.54) is 5.56 Å². The molecule has 2 unspecified atom stereocenters. The Hall–Kier alpha value is -2.38. The molecule has 0 aromatic heterocycles. The number of phenols is 1. The Balaban J connectivity index is 1.72. The molecular weight excluding hydrogens is 352 g/mol. The number of hydrogen-bond acceptors (Lipinski definition) is 4. The van der Waals surface area contributed by atoms with Crippen LogP contribution >= 0.6 is 0 Å². The lowest BCUT2D eigenvalue weighted by molar-refractivity contribution is -0.108. The number of nitrogens with zero attached hydrogens (tertiary/aromatic N) is 1. The monoisotopic (exact) mass is 374 g/mol. The molecule has 7 heteroatoms. The zero-order valence-electron chi connectivity index (χ0n) is 14.5. The quantitative estimate of drug-likeness (QED) is 0.758. The highest BCUT2D eigenvalue weighted by atomic mass is 32.2. The fourth-order valence-corrected chi connectivity index (χ4v) is 4.68. The third-order valence-corrected chi connectivity index (χ3v) is 5.96. The summed E-state index contributed by atoms with van der Waals surface area (Å²) in [4.78, 5) is 10.9. The molecule has 1 heterocycles. The fraction of sp³-hybridized carbons (Fsp3) is 0.316. The second-order valence-electron chi connectivity index (χ2n) is 6.72. The average molecular weight is 374 g/mol. The van der Waals surface area contributed by atoms with E-state index in [0.29, 0.717) is 12.2 Å². The maximum absolute atomic E-state index is 12.1. The number of rotatable bonds is 6. The van der Waals surface area contributed by atoms with Crippen molar-refractivity contribution in [3.63, 3.8) is 0 Å². The molecule has 0 bridgehead atoms. The van der Waals surface area contributed by atoms with Crippen LogP contribution in [0.15, 0.2) is 48.5 Å². The van der Waals surface area contributed by atoms with E-state index < -0.39 is 16.3 Å². The first-order valence-corrected chi connectivity index (χ1v) is 9.94. The average Bonchev–Trinajstić information content (AvgIpc) is 2.90. The van der Waals surface area contributed by atoms with Crippen molar-refractivity contribution in [1.82, 2.24) is 4.72 Å². The van der Waals surface area contributed by atoms with E-state index in [9.17, 15) is 18.3 Å². The summed E-state index contributed by atoms with van der Waals surface area (Å²) < 4.78 is 27.5. The number of aldehydes is 1. The third kappa shape index (κ3) is 4.05. The first-order chi connectivity index (χ1) is 12.4. The molecule has 1 fully saturated rings. The van der Waals surface area contributed by atoms with E-state index in [1.54, 1.807) is 12.1 Å². The molecule has 0 spiro atoms. The Labute approximate surface area is 153 Å². The number of benzene rings is 2. The number of nitrogens with one attached hydrogen (secondary N) is 1. The summed E-state index contributed by atoms with van der Waals surface area (Å²) in [5, 5.41) is 10.3. The van der Waals surface area contributed by atoms with E-state index in [2.05, 4.69) is 23.8 Å². The van der Waals surface area contributed by atoms with Gasteiger partial charge in [0, 0.05) is 0 Å². The molecule has 0 radical (unpaired) electrons. The lowest BCUT2D eigenvalue weighted by Gasteiger charge is -2.18. The Morgan fingerprint density at radius 1 is 1.19 bits per heavy atom. The van der Waals surface area contributed by atoms with Crippen LogP contribution in [0, 0.1) is 5.92 Å². The third-order valence-electron chi connectivity index (χ3n) is 4.44. The Bertz CT molecular complexity index is 884. The molecule has 1 saturated heterocycles. The van der Waals surface area contributed by atoms with Gasteiger partial charge < -0.3 is 9.90 Å².